The fraction of sp³-hybridized carbons (Fsp3) is 0.158. The highest BCUT2D eigenvalue weighted by Crippen LogP contribution is 2.26. The topological polar surface area (TPSA) is 144 Å². The number of hydrogen-bond donors (Lipinski definition) is 3. The predicted molar refractivity (Wildman–Crippen MR) is 121 cm³/mol. The second-order valence-electron chi connectivity index (χ2n) is 6.59. The molecular formula is C19H20ClN5O4S2. The minimum atomic E-state index is -3.98. The number of nitrogens with two attached hydrogens (primary N) is 1. The van der Waals surface area contributed by atoms with Crippen molar-refractivity contribution < 1.29 is 16.8 Å². The van der Waals surface area contributed by atoms with Crippen molar-refractivity contribution >= 4 is 54.5 Å². The first-order valence-electron chi connectivity index (χ1n) is 9.03. The van der Waals surface area contributed by atoms with Crippen LogP contribution >= 0.6 is 11.6 Å². The number of nitrogens with zero attached hydrogens (tertiary/aromatic N) is 2. The van der Waals surface area contributed by atoms with Gasteiger partial charge in [0, 0.05) is 28.2 Å². The second-order valence-corrected chi connectivity index (χ2v) is 10.9. The first-order chi connectivity index (χ1) is 14.6. The summed E-state index contributed by atoms with van der Waals surface area (Å²) in [6.07, 6.45) is 1.31. The molecule has 164 valence electrons. The maximum Gasteiger partial charge on any atom is 0.238 e. The summed E-state index contributed by atoms with van der Waals surface area (Å²) in [5, 5.41) is 11.9. The lowest BCUT2D eigenvalue weighted by molar-refractivity contribution is 0.596. The number of anilines is 4. The summed E-state index contributed by atoms with van der Waals surface area (Å²) in [7, 11) is -7.35. The van der Waals surface area contributed by atoms with E-state index in [0.717, 1.165) is 5.69 Å². The number of aromatic nitrogens is 2. The maximum absolute atomic E-state index is 12.1. The molecule has 0 saturated heterocycles. The maximum atomic E-state index is 12.1. The van der Waals surface area contributed by atoms with Crippen LogP contribution < -0.4 is 15.8 Å². The van der Waals surface area contributed by atoms with Crippen LogP contribution in [0, 0.1) is 0 Å². The molecule has 0 amide bonds. The van der Waals surface area contributed by atoms with Gasteiger partial charge in [-0.25, -0.2) is 31.9 Å². The van der Waals surface area contributed by atoms with Crippen LogP contribution in [0.15, 0.2) is 59.8 Å². The van der Waals surface area contributed by atoms with E-state index < -0.39 is 19.9 Å². The molecule has 0 aliphatic rings. The number of halogens is 1. The van der Waals surface area contributed by atoms with Crippen molar-refractivity contribution in [1.29, 1.82) is 0 Å². The fourth-order valence-corrected chi connectivity index (χ4v) is 4.22. The number of nitrogens with one attached hydrogen (secondary N) is 2. The monoisotopic (exact) mass is 481 g/mol. The summed E-state index contributed by atoms with van der Waals surface area (Å²) in [5.74, 6) is 0.474. The van der Waals surface area contributed by atoms with Gasteiger partial charge in [0.15, 0.2) is 9.84 Å². The SMILES string of the molecule is CCS(=O)(=O)Cc1ccc(S(N)(=O)=O)cc1Nc1cc(Nc2ccc(Cl)cc2)ncn1. The van der Waals surface area contributed by atoms with E-state index in [1.54, 1.807) is 37.3 Å². The van der Waals surface area contributed by atoms with E-state index in [1.165, 1.54) is 24.5 Å². The van der Waals surface area contributed by atoms with Gasteiger partial charge >= 0.3 is 0 Å². The van der Waals surface area contributed by atoms with Crippen LogP contribution in [0.25, 0.3) is 0 Å². The molecule has 0 aliphatic carbocycles. The van der Waals surface area contributed by atoms with Gasteiger partial charge in [0.05, 0.1) is 10.6 Å². The van der Waals surface area contributed by atoms with E-state index in [9.17, 15) is 16.8 Å². The highest BCUT2D eigenvalue weighted by atomic mass is 35.5. The van der Waals surface area contributed by atoms with E-state index in [4.69, 9.17) is 16.7 Å². The average Bonchev–Trinajstić information content (AvgIpc) is 2.70. The average molecular weight is 482 g/mol. The molecule has 0 bridgehead atoms. The molecule has 0 fully saturated rings. The Hall–Kier alpha value is -2.73. The third-order valence-electron chi connectivity index (χ3n) is 4.27. The van der Waals surface area contributed by atoms with Gasteiger partial charge in [0.1, 0.15) is 18.0 Å². The molecule has 0 aliphatic heterocycles. The summed E-state index contributed by atoms with van der Waals surface area (Å²) in [5.41, 5.74) is 1.40. The van der Waals surface area contributed by atoms with Crippen LogP contribution in [0.2, 0.25) is 5.02 Å². The Kier molecular flexibility index (Phi) is 6.80. The Labute approximate surface area is 185 Å². The van der Waals surface area contributed by atoms with Gasteiger partial charge in [-0.2, -0.15) is 0 Å². The minimum Gasteiger partial charge on any atom is -0.340 e. The van der Waals surface area contributed by atoms with Crippen molar-refractivity contribution in [2.24, 2.45) is 5.14 Å². The Balaban J connectivity index is 1.93. The lowest BCUT2D eigenvalue weighted by Gasteiger charge is -2.14. The summed E-state index contributed by atoms with van der Waals surface area (Å²) < 4.78 is 47.8. The lowest BCUT2D eigenvalue weighted by atomic mass is 10.2. The van der Waals surface area contributed by atoms with Gasteiger partial charge in [-0.1, -0.05) is 24.6 Å². The number of sulfonamides is 1. The van der Waals surface area contributed by atoms with Crippen molar-refractivity contribution in [1.82, 2.24) is 9.97 Å². The van der Waals surface area contributed by atoms with E-state index in [2.05, 4.69) is 20.6 Å². The highest BCUT2D eigenvalue weighted by Gasteiger charge is 2.17. The van der Waals surface area contributed by atoms with E-state index in [1.807, 2.05) is 0 Å². The van der Waals surface area contributed by atoms with Gasteiger partial charge in [-0.15, -0.1) is 0 Å². The molecule has 2 aromatic carbocycles. The first kappa shape index (κ1) is 22.9. The van der Waals surface area contributed by atoms with Gasteiger partial charge in [0.2, 0.25) is 10.0 Å². The molecule has 4 N–H and O–H groups in total. The normalized spacial score (nSPS) is 11.8. The number of sulfone groups is 1. The van der Waals surface area contributed by atoms with Crippen molar-refractivity contribution in [2.75, 3.05) is 16.4 Å². The molecule has 3 rings (SSSR count). The molecule has 0 atom stereocenters. The quantitative estimate of drug-likeness (QED) is 0.444. The number of primary sulfonamides is 1. The minimum absolute atomic E-state index is 0.0496. The molecular weight excluding hydrogens is 462 g/mol. The van der Waals surface area contributed by atoms with Gasteiger partial charge in [-0.3, -0.25) is 0 Å². The Morgan fingerprint density at radius 2 is 1.58 bits per heavy atom. The zero-order valence-electron chi connectivity index (χ0n) is 16.4. The van der Waals surface area contributed by atoms with Crippen LogP contribution in [-0.2, 0) is 25.6 Å². The molecule has 12 heteroatoms. The largest absolute Gasteiger partial charge is 0.340 e. The fourth-order valence-electron chi connectivity index (χ4n) is 2.63. The predicted octanol–water partition coefficient (Wildman–Crippen LogP) is 3.20. The standard InChI is InChI=1S/C19H20ClN5O4S2/c1-2-30(26,27)11-13-3-8-16(31(21,28)29)9-17(13)25-19-10-18(22-12-23-19)24-15-6-4-14(20)5-7-15/h3-10,12H,2,11H2,1H3,(H2,21,28,29)(H2,22,23,24,25). The third-order valence-corrected chi connectivity index (χ3v) is 7.07. The summed E-state index contributed by atoms with van der Waals surface area (Å²) in [6.45, 7) is 1.54. The third kappa shape index (κ3) is 6.37. The zero-order valence-corrected chi connectivity index (χ0v) is 18.8. The van der Waals surface area contributed by atoms with Crippen molar-refractivity contribution in [2.45, 2.75) is 17.6 Å². The van der Waals surface area contributed by atoms with Gasteiger partial charge < -0.3 is 10.6 Å². The molecule has 31 heavy (non-hydrogen) atoms. The van der Waals surface area contributed by atoms with Crippen LogP contribution in [0.3, 0.4) is 0 Å². The lowest BCUT2D eigenvalue weighted by Crippen LogP contribution is -2.14. The van der Waals surface area contributed by atoms with Crippen molar-refractivity contribution in [3.8, 4) is 0 Å². The molecule has 1 heterocycles. The molecule has 0 saturated carbocycles. The number of hydrogen-bond acceptors (Lipinski definition) is 8. The van der Waals surface area contributed by atoms with Crippen LogP contribution in [0.1, 0.15) is 12.5 Å². The summed E-state index contributed by atoms with van der Waals surface area (Å²) in [6, 6.07) is 12.6. The first-order valence-corrected chi connectivity index (χ1v) is 12.8. The summed E-state index contributed by atoms with van der Waals surface area (Å²) in [4.78, 5) is 8.12. The van der Waals surface area contributed by atoms with Gasteiger partial charge in [0.25, 0.3) is 0 Å². The van der Waals surface area contributed by atoms with Gasteiger partial charge in [-0.05, 0) is 42.0 Å². The highest BCUT2D eigenvalue weighted by molar-refractivity contribution is 7.90. The van der Waals surface area contributed by atoms with E-state index in [0.29, 0.717) is 22.2 Å². The van der Waals surface area contributed by atoms with Crippen LogP contribution in [0.4, 0.5) is 23.0 Å². The van der Waals surface area contributed by atoms with Crippen molar-refractivity contribution in [3.63, 3.8) is 0 Å². The molecule has 0 radical (unpaired) electrons. The van der Waals surface area contributed by atoms with Crippen LogP contribution in [0.5, 0.6) is 0 Å². The zero-order chi connectivity index (χ0) is 22.6. The Bertz CT molecular complexity index is 1300. The van der Waals surface area contributed by atoms with E-state index >= 15 is 0 Å². The number of rotatable bonds is 8. The van der Waals surface area contributed by atoms with E-state index in [-0.39, 0.29) is 22.1 Å². The summed E-state index contributed by atoms with van der Waals surface area (Å²) >= 11 is 5.89. The molecule has 0 spiro atoms. The smallest absolute Gasteiger partial charge is 0.238 e. The van der Waals surface area contributed by atoms with Crippen molar-refractivity contribution in [3.05, 3.63) is 65.4 Å². The Morgan fingerprint density at radius 1 is 0.935 bits per heavy atom. The van der Waals surface area contributed by atoms with Crippen LogP contribution in [-0.4, -0.2) is 32.6 Å². The second kappa shape index (κ2) is 9.18. The number of benzene rings is 2. The molecule has 0 unspecified atom stereocenters. The molecule has 3 aromatic rings. The molecule has 1 aromatic heterocycles. The Morgan fingerprint density at radius 3 is 2.19 bits per heavy atom. The molecule has 9 nitrogen and oxygen atoms in total.